The van der Waals surface area contributed by atoms with Crippen molar-refractivity contribution in [2.75, 3.05) is 32.2 Å². The molecule has 0 radical (unpaired) electrons. The van der Waals surface area contributed by atoms with E-state index in [0.717, 1.165) is 0 Å². The van der Waals surface area contributed by atoms with E-state index in [9.17, 15) is 14.9 Å². The third-order valence-corrected chi connectivity index (χ3v) is 2.90. The van der Waals surface area contributed by atoms with Gasteiger partial charge in [0, 0.05) is 18.5 Å². The van der Waals surface area contributed by atoms with Crippen LogP contribution in [0.4, 0.5) is 11.4 Å². The van der Waals surface area contributed by atoms with E-state index in [2.05, 4.69) is 10.1 Å². The summed E-state index contributed by atoms with van der Waals surface area (Å²) in [6, 6.07) is 4.11. The zero-order chi connectivity index (χ0) is 13.8. The molecule has 7 nitrogen and oxygen atoms in total. The van der Waals surface area contributed by atoms with Gasteiger partial charge in [0.15, 0.2) is 0 Å². The first-order chi connectivity index (χ1) is 9.11. The molecule has 2 rings (SSSR count). The van der Waals surface area contributed by atoms with Gasteiger partial charge in [-0.2, -0.15) is 0 Å². The molecule has 102 valence electrons. The molecule has 1 aromatic rings. The minimum absolute atomic E-state index is 0.0621. The topological polar surface area (TPSA) is 90.7 Å². The Morgan fingerprint density at radius 2 is 2.32 bits per heavy atom. The molecule has 0 unspecified atom stereocenters. The summed E-state index contributed by atoms with van der Waals surface area (Å²) in [7, 11) is 1.27. The molecule has 1 saturated heterocycles. The van der Waals surface area contributed by atoms with E-state index >= 15 is 0 Å². The van der Waals surface area contributed by atoms with Crippen molar-refractivity contribution in [3.8, 4) is 0 Å². The lowest BCUT2D eigenvalue weighted by Crippen LogP contribution is -2.33. The number of rotatable bonds is 5. The van der Waals surface area contributed by atoms with Gasteiger partial charge in [-0.1, -0.05) is 0 Å². The largest absolute Gasteiger partial charge is 0.465 e. The quantitative estimate of drug-likeness (QED) is 0.492. The number of nitrogens with zero attached hydrogens (tertiary/aromatic N) is 1. The van der Waals surface area contributed by atoms with Crippen molar-refractivity contribution < 1.29 is 19.2 Å². The van der Waals surface area contributed by atoms with Gasteiger partial charge in [0.2, 0.25) is 0 Å². The lowest BCUT2D eigenvalue weighted by atomic mass is 10.1. The summed E-state index contributed by atoms with van der Waals surface area (Å²) in [6.07, 6.45) is 0. The van der Waals surface area contributed by atoms with Crippen molar-refractivity contribution in [3.05, 3.63) is 33.9 Å². The molecule has 0 aliphatic carbocycles. The number of hydrogen-bond donors (Lipinski definition) is 1. The Balaban J connectivity index is 2.19. The highest BCUT2D eigenvalue weighted by atomic mass is 16.6. The minimum atomic E-state index is -0.523. The SMILES string of the molecule is COC(=O)c1ccc([N+](=O)[O-])c(NCC2COC2)c1. The van der Waals surface area contributed by atoms with Gasteiger partial charge in [0.05, 0.1) is 30.8 Å². The van der Waals surface area contributed by atoms with Crippen molar-refractivity contribution in [1.29, 1.82) is 0 Å². The summed E-state index contributed by atoms with van der Waals surface area (Å²) < 4.78 is 9.63. The van der Waals surface area contributed by atoms with Crippen LogP contribution in [0.2, 0.25) is 0 Å². The fraction of sp³-hybridized carbons (Fsp3) is 0.417. The third-order valence-electron chi connectivity index (χ3n) is 2.90. The fourth-order valence-corrected chi connectivity index (χ4v) is 1.74. The first kappa shape index (κ1) is 13.3. The van der Waals surface area contributed by atoms with Gasteiger partial charge >= 0.3 is 5.97 Å². The van der Waals surface area contributed by atoms with Crippen LogP contribution in [-0.2, 0) is 9.47 Å². The molecule has 0 atom stereocenters. The maximum Gasteiger partial charge on any atom is 0.337 e. The van der Waals surface area contributed by atoms with Crippen LogP contribution < -0.4 is 5.32 Å². The van der Waals surface area contributed by atoms with E-state index in [4.69, 9.17) is 4.74 Å². The van der Waals surface area contributed by atoms with Crippen LogP contribution >= 0.6 is 0 Å². The number of carbonyl (C=O) groups is 1. The summed E-state index contributed by atoms with van der Waals surface area (Å²) >= 11 is 0. The Labute approximate surface area is 109 Å². The second-order valence-corrected chi connectivity index (χ2v) is 4.27. The Morgan fingerprint density at radius 3 is 2.84 bits per heavy atom. The highest BCUT2D eigenvalue weighted by Crippen LogP contribution is 2.26. The molecule has 1 aromatic carbocycles. The molecule has 1 aliphatic rings. The molecule has 1 fully saturated rings. The van der Waals surface area contributed by atoms with Crippen molar-refractivity contribution in [1.82, 2.24) is 0 Å². The predicted molar refractivity (Wildman–Crippen MR) is 67.2 cm³/mol. The molecule has 0 aromatic heterocycles. The lowest BCUT2D eigenvalue weighted by Gasteiger charge is -2.26. The van der Waals surface area contributed by atoms with Crippen molar-refractivity contribution in [3.63, 3.8) is 0 Å². The second kappa shape index (κ2) is 5.66. The van der Waals surface area contributed by atoms with Crippen molar-refractivity contribution >= 4 is 17.3 Å². The molecule has 1 N–H and O–H groups in total. The van der Waals surface area contributed by atoms with Crippen molar-refractivity contribution in [2.24, 2.45) is 5.92 Å². The van der Waals surface area contributed by atoms with Gasteiger partial charge in [0.1, 0.15) is 5.69 Å². The van der Waals surface area contributed by atoms with E-state index in [1.165, 1.54) is 25.3 Å². The van der Waals surface area contributed by atoms with Crippen molar-refractivity contribution in [2.45, 2.75) is 0 Å². The smallest absolute Gasteiger partial charge is 0.337 e. The van der Waals surface area contributed by atoms with Gasteiger partial charge in [-0.15, -0.1) is 0 Å². The van der Waals surface area contributed by atoms with Crippen LogP contribution in [0.5, 0.6) is 0 Å². The maximum atomic E-state index is 11.4. The zero-order valence-corrected chi connectivity index (χ0v) is 10.4. The number of methoxy groups -OCH3 is 1. The number of nitrogens with one attached hydrogen (secondary N) is 1. The summed E-state index contributed by atoms with van der Waals surface area (Å²) in [5, 5.41) is 13.9. The maximum absolute atomic E-state index is 11.4. The molecular formula is C12H14N2O5. The van der Waals surface area contributed by atoms with Gasteiger partial charge in [-0.05, 0) is 12.1 Å². The standard InChI is InChI=1S/C12H14N2O5/c1-18-12(15)9-2-3-11(14(16)17)10(4-9)13-5-8-6-19-7-8/h2-4,8,13H,5-7H2,1H3. The van der Waals surface area contributed by atoms with E-state index in [1.54, 1.807) is 0 Å². The molecule has 1 aliphatic heterocycles. The van der Waals surface area contributed by atoms with Crippen LogP contribution in [-0.4, -0.2) is 37.8 Å². The number of hydrogen-bond acceptors (Lipinski definition) is 6. The highest BCUT2D eigenvalue weighted by molar-refractivity contribution is 5.91. The number of anilines is 1. The number of nitro groups is 1. The van der Waals surface area contributed by atoms with Crippen LogP contribution in [0.25, 0.3) is 0 Å². The minimum Gasteiger partial charge on any atom is -0.465 e. The molecule has 0 bridgehead atoms. The van der Waals surface area contributed by atoms with Crippen LogP contribution in [0.15, 0.2) is 18.2 Å². The number of carbonyl (C=O) groups excluding carboxylic acids is 1. The van der Waals surface area contributed by atoms with Gasteiger partial charge < -0.3 is 14.8 Å². The summed E-state index contributed by atoms with van der Waals surface area (Å²) in [6.45, 7) is 1.88. The molecule has 0 saturated carbocycles. The predicted octanol–water partition coefficient (Wildman–Crippen LogP) is 1.44. The monoisotopic (exact) mass is 266 g/mol. The molecule has 19 heavy (non-hydrogen) atoms. The Bertz CT molecular complexity index is 499. The zero-order valence-electron chi connectivity index (χ0n) is 10.4. The Hall–Kier alpha value is -2.15. The summed E-state index contributed by atoms with van der Waals surface area (Å²) in [4.78, 5) is 21.9. The van der Waals surface area contributed by atoms with Gasteiger partial charge in [-0.3, -0.25) is 10.1 Å². The molecule has 0 spiro atoms. The van der Waals surface area contributed by atoms with E-state index in [0.29, 0.717) is 31.4 Å². The highest BCUT2D eigenvalue weighted by Gasteiger charge is 2.21. The summed E-state index contributed by atoms with van der Waals surface area (Å²) in [5.41, 5.74) is 0.535. The molecule has 1 heterocycles. The average molecular weight is 266 g/mol. The molecular weight excluding hydrogens is 252 g/mol. The van der Waals surface area contributed by atoms with Gasteiger partial charge in [-0.25, -0.2) is 4.79 Å². The van der Waals surface area contributed by atoms with Crippen LogP contribution in [0.1, 0.15) is 10.4 Å². The van der Waals surface area contributed by atoms with Crippen LogP contribution in [0.3, 0.4) is 0 Å². The number of ether oxygens (including phenoxy) is 2. The van der Waals surface area contributed by atoms with E-state index in [-0.39, 0.29) is 11.3 Å². The average Bonchev–Trinajstić information content (AvgIpc) is 2.35. The van der Waals surface area contributed by atoms with Crippen LogP contribution in [0, 0.1) is 16.0 Å². The lowest BCUT2D eigenvalue weighted by molar-refractivity contribution is -0.384. The normalized spacial score (nSPS) is 14.6. The Kier molecular flexibility index (Phi) is 3.96. The molecule has 0 amide bonds. The van der Waals surface area contributed by atoms with E-state index in [1.807, 2.05) is 0 Å². The van der Waals surface area contributed by atoms with Gasteiger partial charge in [0.25, 0.3) is 5.69 Å². The number of nitro benzene ring substituents is 1. The number of benzene rings is 1. The first-order valence-corrected chi connectivity index (χ1v) is 5.80. The first-order valence-electron chi connectivity index (χ1n) is 5.80. The fourth-order valence-electron chi connectivity index (χ4n) is 1.74. The van der Waals surface area contributed by atoms with E-state index < -0.39 is 10.9 Å². The second-order valence-electron chi connectivity index (χ2n) is 4.27. The summed E-state index contributed by atoms with van der Waals surface area (Å²) in [5.74, 6) is -0.175. The molecule has 7 heteroatoms. The number of esters is 1. The Morgan fingerprint density at radius 1 is 1.58 bits per heavy atom. The third kappa shape index (κ3) is 3.00.